The van der Waals surface area contributed by atoms with E-state index in [1.165, 1.54) is 6.20 Å². The van der Waals surface area contributed by atoms with Gasteiger partial charge in [-0.25, -0.2) is 4.79 Å². The molecule has 11 heteroatoms. The number of ether oxygens (including phenoxy) is 1. The number of likely N-dealkylation sites (tertiary alicyclic amines) is 2. The van der Waals surface area contributed by atoms with Gasteiger partial charge in [0.25, 0.3) is 0 Å². The van der Waals surface area contributed by atoms with Crippen LogP contribution in [-0.4, -0.2) is 82.6 Å². The molecule has 0 unspecified atom stereocenters. The van der Waals surface area contributed by atoms with E-state index in [-0.39, 0.29) is 54.5 Å². The first-order valence-electron chi connectivity index (χ1n) is 11.7. The molecule has 4 heterocycles. The Kier molecular flexibility index (Phi) is 4.57. The van der Waals surface area contributed by atoms with E-state index in [2.05, 4.69) is 10.4 Å². The minimum absolute atomic E-state index is 0.0148. The zero-order valence-corrected chi connectivity index (χ0v) is 18.3. The Morgan fingerprint density at radius 3 is 2.70 bits per heavy atom. The highest BCUT2D eigenvalue weighted by Gasteiger charge is 2.64. The summed E-state index contributed by atoms with van der Waals surface area (Å²) in [6.07, 6.45) is 1.66. The zero-order chi connectivity index (χ0) is 23.0. The van der Waals surface area contributed by atoms with Crippen LogP contribution in [0.25, 0.3) is 0 Å². The van der Waals surface area contributed by atoms with Crippen molar-refractivity contribution in [2.75, 3.05) is 32.8 Å². The highest BCUT2D eigenvalue weighted by molar-refractivity contribution is 5.79. The van der Waals surface area contributed by atoms with Crippen molar-refractivity contribution in [3.05, 3.63) is 18.0 Å². The third-order valence-electron chi connectivity index (χ3n) is 8.28. The number of rotatable bonds is 3. The smallest absolute Gasteiger partial charge is 0.366 e. The van der Waals surface area contributed by atoms with E-state index in [9.17, 15) is 22.8 Å². The van der Waals surface area contributed by atoms with Crippen molar-refractivity contribution in [2.45, 2.75) is 62.4 Å². The number of hydrogen-bond acceptors (Lipinski definition) is 4. The Bertz CT molecular complexity index is 961. The van der Waals surface area contributed by atoms with Gasteiger partial charge in [-0.05, 0) is 38.0 Å². The summed E-state index contributed by atoms with van der Waals surface area (Å²) >= 11 is 0. The van der Waals surface area contributed by atoms with Crippen LogP contribution in [0.15, 0.2) is 12.4 Å². The second-order valence-electron chi connectivity index (χ2n) is 10.7. The standard InChI is InChI=1S/C22H28F3N5O3/c23-22(24,25)21(2-3-21)15-7-26-30(9-15)8-14-5-20(6-14)12-29(13-20)19(32)28-4-1-17-16(10-28)27-18(31)11-33-17/h7,9,14,16-17H,1-6,8,10-13H2,(H,27,31)/t16-,17+/m1/s1. The quantitative estimate of drug-likeness (QED) is 0.737. The maximum Gasteiger partial charge on any atom is 0.398 e. The Balaban J connectivity index is 0.979. The lowest BCUT2D eigenvalue weighted by molar-refractivity contribution is -0.160. The molecule has 5 aliphatic rings. The first-order chi connectivity index (χ1) is 15.7. The molecule has 3 aliphatic heterocycles. The van der Waals surface area contributed by atoms with E-state index in [1.807, 2.05) is 4.90 Å². The number of fused-ring (bicyclic) bond motifs is 1. The van der Waals surface area contributed by atoms with Crippen LogP contribution < -0.4 is 5.32 Å². The molecule has 33 heavy (non-hydrogen) atoms. The third kappa shape index (κ3) is 3.50. The van der Waals surface area contributed by atoms with Gasteiger partial charge in [0.1, 0.15) is 6.61 Å². The number of amides is 3. The Hall–Kier alpha value is -2.30. The van der Waals surface area contributed by atoms with Crippen LogP contribution in [0.2, 0.25) is 0 Å². The summed E-state index contributed by atoms with van der Waals surface area (Å²) in [6.45, 7) is 3.26. The van der Waals surface area contributed by atoms with Crippen molar-refractivity contribution in [1.82, 2.24) is 24.9 Å². The molecule has 1 aromatic heterocycles. The Morgan fingerprint density at radius 2 is 2.00 bits per heavy atom. The molecule has 3 amide bonds. The van der Waals surface area contributed by atoms with Gasteiger partial charge in [0.05, 0.1) is 23.8 Å². The molecule has 2 saturated carbocycles. The molecule has 6 rings (SSSR count). The second kappa shape index (κ2) is 7.10. The van der Waals surface area contributed by atoms with Gasteiger partial charge in [-0.15, -0.1) is 0 Å². The molecule has 0 aromatic carbocycles. The fraction of sp³-hybridized carbons (Fsp3) is 0.773. The Morgan fingerprint density at radius 1 is 1.24 bits per heavy atom. The number of alkyl halides is 3. The molecule has 2 atom stereocenters. The van der Waals surface area contributed by atoms with Gasteiger partial charge in [-0.3, -0.25) is 9.48 Å². The van der Waals surface area contributed by atoms with Crippen molar-refractivity contribution in [1.29, 1.82) is 0 Å². The number of halogens is 3. The average molecular weight is 467 g/mol. The van der Waals surface area contributed by atoms with Crippen LogP contribution >= 0.6 is 0 Å². The summed E-state index contributed by atoms with van der Waals surface area (Å²) < 4.78 is 47.2. The summed E-state index contributed by atoms with van der Waals surface area (Å²) in [5.41, 5.74) is -1.25. The van der Waals surface area contributed by atoms with E-state index >= 15 is 0 Å². The van der Waals surface area contributed by atoms with Crippen molar-refractivity contribution in [2.24, 2.45) is 11.3 Å². The lowest BCUT2D eigenvalue weighted by atomic mass is 9.58. The van der Waals surface area contributed by atoms with Gasteiger partial charge in [0.2, 0.25) is 5.91 Å². The SMILES string of the molecule is O=C1CO[C@H]2CCN(C(=O)N3CC4(CC(Cn5cc(C6(C(F)(F)F)CC6)cn5)C4)C3)C[C@H]2N1. The molecule has 1 N–H and O–H groups in total. The first kappa shape index (κ1) is 21.2. The second-order valence-corrected chi connectivity index (χ2v) is 10.7. The predicted molar refractivity (Wildman–Crippen MR) is 109 cm³/mol. The monoisotopic (exact) mass is 467 g/mol. The Labute approximate surface area is 189 Å². The largest absolute Gasteiger partial charge is 0.398 e. The summed E-state index contributed by atoms with van der Waals surface area (Å²) in [5, 5.41) is 7.12. The molecular formula is C22H28F3N5O3. The number of nitrogens with one attached hydrogen (secondary N) is 1. The van der Waals surface area contributed by atoms with Gasteiger partial charge >= 0.3 is 12.2 Å². The van der Waals surface area contributed by atoms with E-state index in [0.29, 0.717) is 25.6 Å². The molecule has 5 fully saturated rings. The zero-order valence-electron chi connectivity index (χ0n) is 18.3. The number of hydrogen-bond donors (Lipinski definition) is 1. The normalized spacial score (nSPS) is 30.3. The average Bonchev–Trinajstić information content (AvgIpc) is 3.41. The highest BCUT2D eigenvalue weighted by atomic mass is 19.4. The van der Waals surface area contributed by atoms with E-state index in [1.54, 1.807) is 15.8 Å². The number of morpholine rings is 1. The van der Waals surface area contributed by atoms with E-state index in [4.69, 9.17) is 4.74 Å². The first-order valence-corrected chi connectivity index (χ1v) is 11.7. The summed E-state index contributed by atoms with van der Waals surface area (Å²) in [7, 11) is 0. The third-order valence-corrected chi connectivity index (χ3v) is 8.28. The summed E-state index contributed by atoms with van der Waals surface area (Å²) in [4.78, 5) is 28.2. The van der Waals surface area contributed by atoms with Gasteiger partial charge in [0, 0.05) is 49.9 Å². The van der Waals surface area contributed by atoms with Crippen molar-refractivity contribution in [3.63, 3.8) is 0 Å². The van der Waals surface area contributed by atoms with Crippen LogP contribution in [0.5, 0.6) is 0 Å². The molecule has 8 nitrogen and oxygen atoms in total. The van der Waals surface area contributed by atoms with E-state index in [0.717, 1.165) is 32.4 Å². The van der Waals surface area contributed by atoms with Gasteiger partial charge < -0.3 is 19.9 Å². The van der Waals surface area contributed by atoms with Crippen LogP contribution in [0, 0.1) is 11.3 Å². The highest BCUT2D eigenvalue weighted by Crippen LogP contribution is 2.59. The molecule has 1 spiro atoms. The van der Waals surface area contributed by atoms with Crippen LogP contribution in [0.3, 0.4) is 0 Å². The maximum atomic E-state index is 13.3. The number of carbonyl (C=O) groups is 2. The number of carbonyl (C=O) groups excluding carboxylic acids is 2. The van der Waals surface area contributed by atoms with Crippen LogP contribution in [-0.2, 0) is 21.5 Å². The minimum Gasteiger partial charge on any atom is -0.366 e. The van der Waals surface area contributed by atoms with E-state index < -0.39 is 11.6 Å². The summed E-state index contributed by atoms with van der Waals surface area (Å²) in [5.74, 6) is 0.241. The number of urea groups is 1. The molecule has 2 aliphatic carbocycles. The lowest BCUT2D eigenvalue weighted by Gasteiger charge is -2.59. The van der Waals surface area contributed by atoms with Crippen molar-refractivity contribution >= 4 is 11.9 Å². The molecule has 0 bridgehead atoms. The van der Waals surface area contributed by atoms with Crippen LogP contribution in [0.1, 0.15) is 37.7 Å². The number of piperidine rings is 1. The molecular weight excluding hydrogens is 439 g/mol. The number of aromatic nitrogens is 2. The number of nitrogens with zero attached hydrogens (tertiary/aromatic N) is 4. The lowest BCUT2D eigenvalue weighted by Crippen LogP contribution is -2.68. The summed E-state index contributed by atoms with van der Waals surface area (Å²) in [6, 6.07) is -0.126. The van der Waals surface area contributed by atoms with Gasteiger partial charge in [-0.2, -0.15) is 18.3 Å². The van der Waals surface area contributed by atoms with Gasteiger partial charge in [0.15, 0.2) is 0 Å². The fourth-order valence-corrected chi connectivity index (χ4v) is 6.36. The maximum absolute atomic E-state index is 13.3. The predicted octanol–water partition coefficient (Wildman–Crippen LogP) is 1.90. The minimum atomic E-state index is -4.21. The van der Waals surface area contributed by atoms with Crippen molar-refractivity contribution < 1.29 is 27.5 Å². The van der Waals surface area contributed by atoms with Crippen LogP contribution in [0.4, 0.5) is 18.0 Å². The van der Waals surface area contributed by atoms with Gasteiger partial charge in [-0.1, -0.05) is 0 Å². The molecule has 180 valence electrons. The molecule has 3 saturated heterocycles. The molecule has 1 aromatic rings. The topological polar surface area (TPSA) is 79.7 Å². The molecule has 0 radical (unpaired) electrons. The fourth-order valence-electron chi connectivity index (χ4n) is 6.36. The van der Waals surface area contributed by atoms with Crippen molar-refractivity contribution in [3.8, 4) is 0 Å².